The van der Waals surface area contributed by atoms with Gasteiger partial charge >= 0.3 is 0 Å². The Morgan fingerprint density at radius 1 is 1.31 bits per heavy atom. The average Bonchev–Trinajstić information content (AvgIpc) is 3.28. The SMILES string of the molecule is Nc1nc(N2CCC3(CC2)COCC3N)cnc1Sc1cccc2c1C(F)CN2. The van der Waals surface area contributed by atoms with Crippen LogP contribution in [0.3, 0.4) is 0 Å². The van der Waals surface area contributed by atoms with Crippen LogP contribution in [0.15, 0.2) is 34.3 Å². The average molecular weight is 417 g/mol. The fraction of sp³-hybridized carbons (Fsp3) is 0.500. The molecule has 0 amide bonds. The van der Waals surface area contributed by atoms with Gasteiger partial charge in [0.1, 0.15) is 17.0 Å². The van der Waals surface area contributed by atoms with Crippen molar-refractivity contribution in [3.63, 3.8) is 0 Å². The summed E-state index contributed by atoms with van der Waals surface area (Å²) in [5.74, 6) is 1.14. The molecule has 0 bridgehead atoms. The molecular weight excluding hydrogens is 391 g/mol. The molecule has 9 heteroatoms. The molecule has 29 heavy (non-hydrogen) atoms. The predicted molar refractivity (Wildman–Crippen MR) is 112 cm³/mol. The van der Waals surface area contributed by atoms with Crippen molar-refractivity contribution in [1.82, 2.24) is 9.97 Å². The number of halogens is 1. The van der Waals surface area contributed by atoms with Crippen LogP contribution < -0.4 is 21.7 Å². The number of fused-ring (bicyclic) bond motifs is 1. The van der Waals surface area contributed by atoms with Gasteiger partial charge in [-0.05, 0) is 25.0 Å². The monoisotopic (exact) mass is 416 g/mol. The van der Waals surface area contributed by atoms with E-state index < -0.39 is 6.17 Å². The molecule has 1 aromatic heterocycles. The van der Waals surface area contributed by atoms with Crippen molar-refractivity contribution < 1.29 is 9.13 Å². The van der Waals surface area contributed by atoms with E-state index in [1.807, 2.05) is 18.2 Å². The molecule has 3 aliphatic heterocycles. The minimum absolute atomic E-state index is 0.0931. The number of aromatic nitrogens is 2. The van der Waals surface area contributed by atoms with Gasteiger partial charge in [-0.2, -0.15) is 0 Å². The molecular formula is C20H25FN6OS. The fourth-order valence-electron chi connectivity index (χ4n) is 4.50. The third kappa shape index (κ3) is 3.31. The van der Waals surface area contributed by atoms with Crippen LogP contribution in [0.4, 0.5) is 21.7 Å². The predicted octanol–water partition coefficient (Wildman–Crippen LogP) is 2.59. The number of benzene rings is 1. The van der Waals surface area contributed by atoms with E-state index in [0.717, 1.165) is 48.9 Å². The Balaban J connectivity index is 1.31. The number of rotatable bonds is 3. The van der Waals surface area contributed by atoms with Gasteiger partial charge in [-0.3, -0.25) is 0 Å². The number of nitrogens with two attached hydrogens (primary N) is 2. The fourth-order valence-corrected chi connectivity index (χ4v) is 5.46. The van der Waals surface area contributed by atoms with Gasteiger partial charge in [0.05, 0.1) is 26.0 Å². The second kappa shape index (κ2) is 7.30. The number of nitrogens with one attached hydrogen (secondary N) is 1. The zero-order valence-electron chi connectivity index (χ0n) is 16.1. The van der Waals surface area contributed by atoms with Crippen molar-refractivity contribution in [2.24, 2.45) is 11.1 Å². The highest BCUT2D eigenvalue weighted by Gasteiger charge is 2.44. The van der Waals surface area contributed by atoms with Gasteiger partial charge in [0.15, 0.2) is 5.82 Å². The van der Waals surface area contributed by atoms with Crippen LogP contribution >= 0.6 is 11.8 Å². The molecule has 3 aliphatic rings. The third-order valence-corrected chi connectivity index (χ3v) is 7.45. The van der Waals surface area contributed by atoms with E-state index in [-0.39, 0.29) is 11.5 Å². The minimum Gasteiger partial charge on any atom is -0.381 e. The first-order valence-electron chi connectivity index (χ1n) is 9.95. The molecule has 0 radical (unpaired) electrons. The molecule has 2 unspecified atom stereocenters. The molecule has 7 nitrogen and oxygen atoms in total. The molecule has 2 fully saturated rings. The first-order valence-corrected chi connectivity index (χ1v) is 10.8. The Bertz CT molecular complexity index is 920. The van der Waals surface area contributed by atoms with Crippen molar-refractivity contribution in [3.8, 4) is 0 Å². The maximum atomic E-state index is 14.3. The lowest BCUT2D eigenvalue weighted by atomic mass is 9.75. The normalized spacial score (nSPS) is 25.2. The Labute approximate surface area is 173 Å². The summed E-state index contributed by atoms with van der Waals surface area (Å²) in [6, 6.07) is 5.81. The van der Waals surface area contributed by atoms with Gasteiger partial charge in [0.2, 0.25) is 0 Å². The molecule has 1 aromatic carbocycles. The standard InChI is InChI=1S/C20H25FN6OS/c21-12-8-24-13-2-1-3-14(17(12)13)29-19-18(23)26-16(9-25-19)27-6-4-20(5-7-27)11-28-10-15(20)22/h1-3,9,12,15,24H,4-8,10-11,22H2,(H2,23,26). The van der Waals surface area contributed by atoms with E-state index in [4.69, 9.17) is 16.2 Å². The van der Waals surface area contributed by atoms with Crippen LogP contribution in [-0.4, -0.2) is 48.9 Å². The summed E-state index contributed by atoms with van der Waals surface area (Å²) in [5, 5.41) is 3.68. The quantitative estimate of drug-likeness (QED) is 0.702. The summed E-state index contributed by atoms with van der Waals surface area (Å²) in [6.45, 7) is 3.42. The summed E-state index contributed by atoms with van der Waals surface area (Å²) in [5.41, 5.74) is 14.1. The number of ether oxygens (including phenoxy) is 1. The van der Waals surface area contributed by atoms with Crippen LogP contribution in [0.1, 0.15) is 24.6 Å². The minimum atomic E-state index is -1.02. The van der Waals surface area contributed by atoms with E-state index in [9.17, 15) is 4.39 Å². The second-order valence-corrected chi connectivity index (χ2v) is 9.09. The largest absolute Gasteiger partial charge is 0.381 e. The summed E-state index contributed by atoms with van der Waals surface area (Å²) in [4.78, 5) is 12.2. The third-order valence-electron chi connectivity index (χ3n) is 6.37. The van der Waals surface area contributed by atoms with E-state index in [1.54, 1.807) is 6.20 Å². The van der Waals surface area contributed by atoms with Gasteiger partial charge in [-0.15, -0.1) is 0 Å². The zero-order valence-corrected chi connectivity index (χ0v) is 16.9. The van der Waals surface area contributed by atoms with Gasteiger partial charge < -0.3 is 26.4 Å². The van der Waals surface area contributed by atoms with Crippen molar-refractivity contribution in [2.45, 2.75) is 35.0 Å². The maximum Gasteiger partial charge on any atom is 0.158 e. The van der Waals surface area contributed by atoms with Crippen molar-refractivity contribution in [1.29, 1.82) is 0 Å². The highest BCUT2D eigenvalue weighted by Crippen LogP contribution is 2.43. The Morgan fingerprint density at radius 3 is 2.86 bits per heavy atom. The number of piperidine rings is 1. The van der Waals surface area contributed by atoms with Crippen LogP contribution in [0.2, 0.25) is 0 Å². The van der Waals surface area contributed by atoms with Gasteiger partial charge in [0, 0.05) is 40.7 Å². The summed E-state index contributed by atoms with van der Waals surface area (Å²) < 4.78 is 19.9. The lowest BCUT2D eigenvalue weighted by Gasteiger charge is -2.41. The van der Waals surface area contributed by atoms with Crippen LogP contribution in [0.5, 0.6) is 0 Å². The van der Waals surface area contributed by atoms with Crippen molar-refractivity contribution in [3.05, 3.63) is 30.0 Å². The zero-order chi connectivity index (χ0) is 20.0. The first kappa shape index (κ1) is 18.9. The van der Waals surface area contributed by atoms with Crippen LogP contribution in [-0.2, 0) is 4.74 Å². The number of hydrogen-bond acceptors (Lipinski definition) is 8. The number of hydrogen-bond donors (Lipinski definition) is 3. The number of nitrogens with zero attached hydrogens (tertiary/aromatic N) is 3. The molecule has 154 valence electrons. The number of alkyl halides is 1. The topological polar surface area (TPSA) is 102 Å². The summed E-state index contributed by atoms with van der Waals surface area (Å²) in [6.07, 6.45) is 2.70. The highest BCUT2D eigenvalue weighted by atomic mass is 32.2. The molecule has 5 N–H and O–H groups in total. The van der Waals surface area contributed by atoms with Crippen LogP contribution in [0.25, 0.3) is 0 Å². The molecule has 2 aromatic rings. The molecule has 2 saturated heterocycles. The Morgan fingerprint density at radius 2 is 2.14 bits per heavy atom. The Kier molecular flexibility index (Phi) is 4.76. The molecule has 0 aliphatic carbocycles. The highest BCUT2D eigenvalue weighted by molar-refractivity contribution is 7.99. The lowest BCUT2D eigenvalue weighted by Crippen LogP contribution is -2.49. The molecule has 1 spiro atoms. The van der Waals surface area contributed by atoms with Crippen molar-refractivity contribution >= 4 is 29.1 Å². The molecule has 0 saturated carbocycles. The number of nitrogen functional groups attached to an aromatic ring is 1. The van der Waals surface area contributed by atoms with E-state index in [1.165, 1.54) is 11.8 Å². The second-order valence-electron chi connectivity index (χ2n) is 8.06. The lowest BCUT2D eigenvalue weighted by molar-refractivity contribution is 0.131. The molecule has 4 heterocycles. The van der Waals surface area contributed by atoms with Gasteiger partial charge in [-0.25, -0.2) is 14.4 Å². The van der Waals surface area contributed by atoms with Gasteiger partial charge in [0.25, 0.3) is 0 Å². The van der Waals surface area contributed by atoms with Crippen LogP contribution in [0, 0.1) is 5.41 Å². The molecule has 5 rings (SSSR count). The van der Waals surface area contributed by atoms with Crippen molar-refractivity contribution in [2.75, 3.05) is 48.8 Å². The van der Waals surface area contributed by atoms with Gasteiger partial charge in [-0.1, -0.05) is 17.8 Å². The van der Waals surface area contributed by atoms with E-state index >= 15 is 0 Å². The maximum absolute atomic E-state index is 14.3. The summed E-state index contributed by atoms with van der Waals surface area (Å²) in [7, 11) is 0. The Hall–Kier alpha value is -2.10. The first-order chi connectivity index (χ1) is 14.1. The smallest absolute Gasteiger partial charge is 0.158 e. The summed E-state index contributed by atoms with van der Waals surface area (Å²) >= 11 is 1.36. The van der Waals surface area contributed by atoms with E-state index in [0.29, 0.717) is 29.6 Å². The van der Waals surface area contributed by atoms with E-state index in [2.05, 4.69) is 20.2 Å². The molecule has 2 atom stereocenters. The number of anilines is 3.